The number of esters is 3. The minimum absolute atomic E-state index is 0.0695. The highest BCUT2D eigenvalue weighted by Crippen LogP contribution is 2.18. The molecule has 0 saturated carbocycles. The van der Waals surface area contributed by atoms with Crippen LogP contribution < -0.4 is 0 Å². The van der Waals surface area contributed by atoms with Crippen molar-refractivity contribution in [1.29, 1.82) is 0 Å². The average Bonchev–Trinajstić information content (AvgIpc) is 3.45. The number of carbonyl (C=O) groups is 3. The van der Waals surface area contributed by atoms with Crippen LogP contribution in [0.25, 0.3) is 0 Å². The van der Waals surface area contributed by atoms with Gasteiger partial charge in [0.1, 0.15) is 13.2 Å². The second-order valence-corrected chi connectivity index (χ2v) is 24.1. The molecule has 0 rings (SSSR count). The van der Waals surface area contributed by atoms with Crippen LogP contribution in [0.3, 0.4) is 0 Å². The lowest BCUT2D eigenvalue weighted by Gasteiger charge is -2.18. The molecule has 0 spiro atoms. The van der Waals surface area contributed by atoms with Crippen molar-refractivity contribution in [3.63, 3.8) is 0 Å². The normalized spacial score (nSPS) is 11.8. The summed E-state index contributed by atoms with van der Waals surface area (Å²) >= 11 is 0. The highest BCUT2D eigenvalue weighted by Gasteiger charge is 2.19. The quantitative estimate of drug-likeness (QED) is 0.0261. The van der Waals surface area contributed by atoms with Gasteiger partial charge in [0.05, 0.1) is 0 Å². The molecule has 0 heterocycles. The lowest BCUT2D eigenvalue weighted by molar-refractivity contribution is -0.167. The van der Waals surface area contributed by atoms with Gasteiger partial charge in [-0.05, 0) is 96.3 Å². The number of hydrogen-bond acceptors (Lipinski definition) is 6. The fraction of sp³-hybridized carbons (Fsp3) is 0.877. The maximum atomic E-state index is 13.0. The molecule has 0 aromatic heterocycles. The largest absolute Gasteiger partial charge is 0.462 e. The predicted octanol–water partition coefficient (Wildman–Crippen LogP) is 24.3. The van der Waals surface area contributed by atoms with Crippen LogP contribution in [0.4, 0.5) is 0 Å². The van der Waals surface area contributed by atoms with Crippen LogP contribution in [0.2, 0.25) is 0 Å². The van der Waals surface area contributed by atoms with Crippen molar-refractivity contribution in [3.05, 3.63) is 36.5 Å². The molecule has 0 aliphatic rings. The predicted molar refractivity (Wildman–Crippen MR) is 344 cm³/mol. The van der Waals surface area contributed by atoms with Gasteiger partial charge in [-0.1, -0.05) is 314 Å². The van der Waals surface area contributed by atoms with Crippen LogP contribution >= 0.6 is 0 Å². The molecular formula is C73H136O6. The lowest BCUT2D eigenvalue weighted by Crippen LogP contribution is -2.30. The molecule has 464 valence electrons. The van der Waals surface area contributed by atoms with E-state index in [1.807, 2.05) is 0 Å². The minimum atomic E-state index is -0.774. The molecule has 0 fully saturated rings. The number of ether oxygens (including phenoxy) is 3. The van der Waals surface area contributed by atoms with E-state index in [1.54, 1.807) is 0 Å². The Kier molecular flexibility index (Phi) is 66.1. The smallest absolute Gasteiger partial charge is 0.306 e. The fourth-order valence-electron chi connectivity index (χ4n) is 10.7. The van der Waals surface area contributed by atoms with E-state index in [0.717, 1.165) is 57.8 Å². The summed E-state index contributed by atoms with van der Waals surface area (Å²) in [4.78, 5) is 38.5. The van der Waals surface area contributed by atoms with Crippen molar-refractivity contribution < 1.29 is 28.6 Å². The van der Waals surface area contributed by atoms with Gasteiger partial charge in [-0.25, -0.2) is 0 Å². The lowest BCUT2D eigenvalue weighted by atomic mass is 10.0. The molecule has 0 bridgehead atoms. The third-order valence-electron chi connectivity index (χ3n) is 16.1. The highest BCUT2D eigenvalue weighted by atomic mass is 16.6. The SMILES string of the molecule is CCCCCCCC/C=C\CCCCCCCCCCCCCC(=O)OCC(COC(=O)CCCCCCCCCCCCC/C=C\CCCCCCCC)OC(=O)CCCCCCCCCCC/C=C\CCCCCCCC. The van der Waals surface area contributed by atoms with E-state index in [9.17, 15) is 14.4 Å². The Morgan fingerprint density at radius 1 is 0.241 bits per heavy atom. The summed E-state index contributed by atoms with van der Waals surface area (Å²) in [5.41, 5.74) is 0. The van der Waals surface area contributed by atoms with Crippen molar-refractivity contribution in [3.8, 4) is 0 Å². The monoisotopic (exact) mass is 1110 g/mol. The zero-order valence-electron chi connectivity index (χ0n) is 53.4. The van der Waals surface area contributed by atoms with Gasteiger partial charge in [-0.3, -0.25) is 14.4 Å². The maximum Gasteiger partial charge on any atom is 0.306 e. The fourth-order valence-corrected chi connectivity index (χ4v) is 10.7. The number of allylic oxidation sites excluding steroid dienone is 6. The molecule has 0 amide bonds. The van der Waals surface area contributed by atoms with Crippen LogP contribution in [0.15, 0.2) is 36.5 Å². The molecule has 0 aliphatic heterocycles. The summed E-state index contributed by atoms with van der Waals surface area (Å²) in [6.45, 7) is 6.70. The molecule has 6 heteroatoms. The Labute approximate surface area is 493 Å². The number of unbranched alkanes of at least 4 members (excludes halogenated alkanes) is 49. The van der Waals surface area contributed by atoms with Crippen LogP contribution in [-0.2, 0) is 28.6 Å². The third kappa shape index (κ3) is 66.3. The van der Waals surface area contributed by atoms with Crippen LogP contribution in [0.1, 0.15) is 393 Å². The summed E-state index contributed by atoms with van der Waals surface area (Å²) in [7, 11) is 0. The van der Waals surface area contributed by atoms with E-state index in [4.69, 9.17) is 14.2 Å². The Hall–Kier alpha value is -2.37. The van der Waals surface area contributed by atoms with E-state index >= 15 is 0 Å². The summed E-state index contributed by atoms with van der Waals surface area (Å²) in [6, 6.07) is 0. The molecule has 0 atom stereocenters. The molecule has 6 nitrogen and oxygen atoms in total. The number of rotatable bonds is 66. The first-order valence-electron chi connectivity index (χ1n) is 35.5. The van der Waals surface area contributed by atoms with Gasteiger partial charge in [0.25, 0.3) is 0 Å². The maximum absolute atomic E-state index is 13.0. The zero-order chi connectivity index (χ0) is 57.1. The first-order valence-corrected chi connectivity index (χ1v) is 35.5. The summed E-state index contributed by atoms with van der Waals surface area (Å²) < 4.78 is 17.0. The third-order valence-corrected chi connectivity index (χ3v) is 16.1. The molecule has 0 aromatic rings. The van der Waals surface area contributed by atoms with Gasteiger partial charge in [0, 0.05) is 19.3 Å². The first kappa shape index (κ1) is 76.6. The minimum Gasteiger partial charge on any atom is -0.462 e. The van der Waals surface area contributed by atoms with E-state index in [1.165, 1.54) is 295 Å². The Morgan fingerprint density at radius 3 is 0.633 bits per heavy atom. The molecule has 0 aromatic carbocycles. The molecular weight excluding hydrogens is 973 g/mol. The van der Waals surface area contributed by atoms with E-state index in [2.05, 4.69) is 57.2 Å². The average molecular weight is 1110 g/mol. The van der Waals surface area contributed by atoms with Gasteiger partial charge in [-0.15, -0.1) is 0 Å². The van der Waals surface area contributed by atoms with Crippen molar-refractivity contribution in [1.82, 2.24) is 0 Å². The molecule has 0 aliphatic carbocycles. The van der Waals surface area contributed by atoms with Crippen molar-refractivity contribution in [2.45, 2.75) is 399 Å². The zero-order valence-corrected chi connectivity index (χ0v) is 53.4. The van der Waals surface area contributed by atoms with Crippen molar-refractivity contribution in [2.75, 3.05) is 13.2 Å². The molecule has 0 unspecified atom stereocenters. The topological polar surface area (TPSA) is 78.9 Å². The van der Waals surface area contributed by atoms with Gasteiger partial charge in [0.2, 0.25) is 0 Å². The first-order chi connectivity index (χ1) is 39.0. The molecule has 79 heavy (non-hydrogen) atoms. The second-order valence-electron chi connectivity index (χ2n) is 24.1. The highest BCUT2D eigenvalue weighted by molar-refractivity contribution is 5.71. The van der Waals surface area contributed by atoms with Crippen molar-refractivity contribution in [2.24, 2.45) is 0 Å². The standard InChI is InChI=1S/C73H136O6/c1-4-7-10-13-16-19-22-25-28-31-34-36-39-41-44-47-50-53-56-59-62-65-71(74)77-68-70(79-73(76)67-64-61-58-55-52-49-46-43-38-33-30-27-24-21-18-15-12-9-6-3)69-78-72(75)66-63-60-57-54-51-48-45-42-40-37-35-32-29-26-23-20-17-14-11-8-5-2/h25-30,70H,4-24,31-69H2,1-3H3/b28-25-,29-26-,30-27-. The van der Waals surface area contributed by atoms with Gasteiger partial charge in [0.15, 0.2) is 6.10 Å². The van der Waals surface area contributed by atoms with Crippen LogP contribution in [0, 0.1) is 0 Å². The second kappa shape index (κ2) is 68.1. The van der Waals surface area contributed by atoms with Gasteiger partial charge < -0.3 is 14.2 Å². The number of carbonyl (C=O) groups excluding carboxylic acids is 3. The Bertz CT molecular complexity index is 1250. The molecule has 0 saturated heterocycles. The Balaban J connectivity index is 4.32. The van der Waals surface area contributed by atoms with Gasteiger partial charge >= 0.3 is 17.9 Å². The molecule has 0 radical (unpaired) electrons. The molecule has 0 N–H and O–H groups in total. The number of hydrogen-bond donors (Lipinski definition) is 0. The van der Waals surface area contributed by atoms with Crippen LogP contribution in [0.5, 0.6) is 0 Å². The summed E-state index contributed by atoms with van der Waals surface area (Å²) in [5.74, 6) is -0.844. The Morgan fingerprint density at radius 2 is 0.418 bits per heavy atom. The van der Waals surface area contributed by atoms with Crippen LogP contribution in [-0.4, -0.2) is 37.2 Å². The summed E-state index contributed by atoms with van der Waals surface area (Å²) in [5, 5.41) is 0. The van der Waals surface area contributed by atoms with Gasteiger partial charge in [-0.2, -0.15) is 0 Å². The van der Waals surface area contributed by atoms with Crippen molar-refractivity contribution >= 4 is 17.9 Å². The van der Waals surface area contributed by atoms with E-state index in [0.29, 0.717) is 19.3 Å². The van der Waals surface area contributed by atoms with E-state index < -0.39 is 6.10 Å². The van der Waals surface area contributed by atoms with E-state index in [-0.39, 0.29) is 31.1 Å². The summed E-state index contributed by atoms with van der Waals surface area (Å²) in [6.07, 6.45) is 84.5.